The number of aromatic nitrogens is 4. The number of nitrogens with zero attached hydrogens (tertiary/aromatic N) is 5. The number of carbonyl (C=O) groups excluding carboxylic acids is 1. The molecule has 8 nitrogen and oxygen atoms in total. The normalized spacial score (nSPS) is 11.7. The molecule has 0 spiro atoms. The van der Waals surface area contributed by atoms with Gasteiger partial charge in [0.25, 0.3) is 5.91 Å². The highest BCUT2D eigenvalue weighted by Gasteiger charge is 2.11. The summed E-state index contributed by atoms with van der Waals surface area (Å²) in [5.41, 5.74) is 2.41. The molecule has 0 radical (unpaired) electrons. The lowest BCUT2D eigenvalue weighted by molar-refractivity contribution is -0.119. The minimum atomic E-state index is -0.490. The van der Waals surface area contributed by atoms with Crippen LogP contribution in [0.25, 0.3) is 21.9 Å². The van der Waals surface area contributed by atoms with Gasteiger partial charge < -0.3 is 10.1 Å². The maximum atomic E-state index is 12.1. The Balaban J connectivity index is 1.59. The maximum absolute atomic E-state index is 12.1. The molecule has 2 N–H and O–H groups in total. The van der Waals surface area contributed by atoms with Crippen LogP contribution >= 0.6 is 0 Å². The minimum Gasteiger partial charge on any atom is -0.493 e. The van der Waals surface area contributed by atoms with Gasteiger partial charge in [0.15, 0.2) is 5.69 Å². The van der Waals surface area contributed by atoms with Gasteiger partial charge in [0, 0.05) is 5.39 Å². The largest absolute Gasteiger partial charge is 0.493 e. The molecule has 1 amide bonds. The fraction of sp³-hybridized carbons (Fsp3) is 0.0625. The lowest BCUT2D eigenvalue weighted by Gasteiger charge is -1.97. The first-order valence-electron chi connectivity index (χ1n) is 7.25. The van der Waals surface area contributed by atoms with Crippen molar-refractivity contribution in [1.29, 1.82) is 0 Å². The van der Waals surface area contributed by atoms with Crippen LogP contribution < -0.4 is 0 Å². The van der Waals surface area contributed by atoms with Gasteiger partial charge in [-0.25, -0.2) is 4.68 Å². The molecule has 118 valence electrons. The highest BCUT2D eigenvalue weighted by Crippen LogP contribution is 2.35. The molecule has 0 unspecified atom stereocenters. The molecule has 4 aromatic rings. The van der Waals surface area contributed by atoms with E-state index >= 15 is 0 Å². The Labute approximate surface area is 135 Å². The summed E-state index contributed by atoms with van der Waals surface area (Å²) >= 11 is 0. The number of benzene rings is 2. The van der Waals surface area contributed by atoms with E-state index < -0.39 is 5.91 Å². The summed E-state index contributed by atoms with van der Waals surface area (Å²) in [6, 6.07) is 14.6. The Morgan fingerprint density at radius 3 is 2.88 bits per heavy atom. The lowest BCUT2D eigenvalue weighted by atomic mass is 10.2. The van der Waals surface area contributed by atoms with Gasteiger partial charge >= 0.3 is 0 Å². The molecule has 0 aliphatic rings. The smallest absolute Gasteiger partial charge is 0.286 e. The quantitative estimate of drug-likeness (QED) is 0.566. The second-order valence-electron chi connectivity index (χ2n) is 5.20. The van der Waals surface area contributed by atoms with Gasteiger partial charge in [-0.2, -0.15) is 0 Å². The highest BCUT2D eigenvalue weighted by molar-refractivity contribution is 5.94. The van der Waals surface area contributed by atoms with Crippen molar-refractivity contribution >= 4 is 33.5 Å². The van der Waals surface area contributed by atoms with E-state index in [1.165, 1.54) is 4.68 Å². The van der Waals surface area contributed by atoms with Gasteiger partial charge in [0.1, 0.15) is 12.1 Å². The van der Waals surface area contributed by atoms with Crippen LogP contribution in [0.3, 0.4) is 0 Å². The molecule has 2 aromatic heterocycles. The van der Waals surface area contributed by atoms with Crippen molar-refractivity contribution in [3.05, 3.63) is 48.5 Å². The topological polar surface area (TPSA) is 109 Å². The zero-order valence-electron chi connectivity index (χ0n) is 12.4. The summed E-state index contributed by atoms with van der Waals surface area (Å²) < 4.78 is 1.46. The highest BCUT2D eigenvalue weighted by atomic mass is 16.3. The Morgan fingerprint density at radius 1 is 1.17 bits per heavy atom. The van der Waals surface area contributed by atoms with Gasteiger partial charge in [-0.15, -0.1) is 15.3 Å². The number of hydrogen-bond acceptors (Lipinski definition) is 5. The summed E-state index contributed by atoms with van der Waals surface area (Å²) in [6.45, 7) is -0.0763. The molecule has 0 saturated heterocycles. The molecular weight excluding hydrogens is 308 g/mol. The Hall–Kier alpha value is -3.55. The van der Waals surface area contributed by atoms with E-state index in [1.54, 1.807) is 12.1 Å². The van der Waals surface area contributed by atoms with Crippen molar-refractivity contribution < 1.29 is 9.90 Å². The first kappa shape index (κ1) is 14.1. The number of aromatic amines is 1. The second kappa shape index (κ2) is 5.58. The summed E-state index contributed by atoms with van der Waals surface area (Å²) in [4.78, 5) is 14.8. The van der Waals surface area contributed by atoms with Gasteiger partial charge in [0.2, 0.25) is 5.88 Å². The van der Waals surface area contributed by atoms with E-state index in [9.17, 15) is 9.90 Å². The predicted octanol–water partition coefficient (Wildman–Crippen LogP) is 2.93. The number of rotatable bonds is 3. The van der Waals surface area contributed by atoms with Crippen LogP contribution in [0.1, 0.15) is 0 Å². The van der Waals surface area contributed by atoms with E-state index in [0.717, 1.165) is 11.0 Å². The molecule has 0 atom stereocenters. The van der Waals surface area contributed by atoms with Crippen LogP contribution in [0.4, 0.5) is 5.69 Å². The zero-order chi connectivity index (χ0) is 16.5. The van der Waals surface area contributed by atoms with E-state index in [1.807, 2.05) is 36.4 Å². The van der Waals surface area contributed by atoms with Crippen LogP contribution in [0.5, 0.6) is 5.88 Å². The Kier molecular flexibility index (Phi) is 3.27. The number of hydrogen-bond donors (Lipinski definition) is 2. The van der Waals surface area contributed by atoms with Gasteiger partial charge in [-0.1, -0.05) is 35.5 Å². The van der Waals surface area contributed by atoms with Gasteiger partial charge in [-0.05, 0) is 18.2 Å². The number of azo groups is 1. The van der Waals surface area contributed by atoms with Crippen LogP contribution in [-0.4, -0.2) is 31.0 Å². The first-order chi connectivity index (χ1) is 11.7. The molecule has 0 bridgehead atoms. The number of fused-ring (bicyclic) bond motifs is 2. The van der Waals surface area contributed by atoms with E-state index in [-0.39, 0.29) is 18.1 Å². The van der Waals surface area contributed by atoms with Gasteiger partial charge in [-0.3, -0.25) is 4.79 Å². The second-order valence-corrected chi connectivity index (χ2v) is 5.20. The fourth-order valence-corrected chi connectivity index (χ4v) is 2.51. The average Bonchev–Trinajstić information content (AvgIpc) is 3.14. The molecule has 0 fully saturated rings. The third kappa shape index (κ3) is 2.39. The molecule has 8 heteroatoms. The van der Waals surface area contributed by atoms with Crippen molar-refractivity contribution in [3.63, 3.8) is 0 Å². The van der Waals surface area contributed by atoms with E-state index in [4.69, 9.17) is 0 Å². The van der Waals surface area contributed by atoms with Crippen molar-refractivity contribution in [2.45, 2.75) is 6.54 Å². The van der Waals surface area contributed by atoms with Crippen LogP contribution in [0, 0.1) is 0 Å². The van der Waals surface area contributed by atoms with E-state index in [2.05, 4.69) is 25.5 Å². The van der Waals surface area contributed by atoms with Gasteiger partial charge in [0.05, 0.1) is 11.0 Å². The number of para-hydroxylation sites is 2. The molecule has 0 aliphatic carbocycles. The third-order valence-corrected chi connectivity index (χ3v) is 3.63. The maximum Gasteiger partial charge on any atom is 0.286 e. The standard InChI is InChI=1S/C16H12N6O2/c23-14(9-22-13-8-4-3-7-12(13)18-21-22)19-20-15-10-5-1-2-6-11(10)17-16(15)24/h1-8,17,24H,9H2. The predicted molar refractivity (Wildman–Crippen MR) is 87.0 cm³/mol. The molecule has 24 heavy (non-hydrogen) atoms. The zero-order valence-corrected chi connectivity index (χ0v) is 12.4. The summed E-state index contributed by atoms with van der Waals surface area (Å²) in [6.07, 6.45) is 0. The van der Waals surface area contributed by atoms with Crippen molar-refractivity contribution in [1.82, 2.24) is 20.0 Å². The lowest BCUT2D eigenvalue weighted by Crippen LogP contribution is -2.08. The van der Waals surface area contributed by atoms with Crippen LogP contribution in [0.15, 0.2) is 58.8 Å². The minimum absolute atomic E-state index is 0.0763. The molecule has 2 aromatic carbocycles. The molecule has 2 heterocycles. The molecule has 0 saturated carbocycles. The number of aromatic hydroxyl groups is 1. The van der Waals surface area contributed by atoms with Crippen molar-refractivity contribution in [3.8, 4) is 5.88 Å². The van der Waals surface area contributed by atoms with Crippen LogP contribution in [0.2, 0.25) is 0 Å². The first-order valence-corrected chi connectivity index (χ1v) is 7.25. The monoisotopic (exact) mass is 320 g/mol. The molecule has 4 rings (SSSR count). The molecular formula is C16H12N6O2. The number of amides is 1. The summed E-state index contributed by atoms with van der Waals surface area (Å²) in [5.74, 6) is -0.616. The van der Waals surface area contributed by atoms with Crippen molar-refractivity contribution in [2.75, 3.05) is 0 Å². The van der Waals surface area contributed by atoms with E-state index in [0.29, 0.717) is 10.9 Å². The number of carbonyl (C=O) groups is 1. The fourth-order valence-electron chi connectivity index (χ4n) is 2.51. The molecule has 0 aliphatic heterocycles. The average molecular weight is 320 g/mol. The number of nitrogens with one attached hydrogen (secondary N) is 1. The van der Waals surface area contributed by atoms with Crippen molar-refractivity contribution in [2.24, 2.45) is 10.2 Å². The SMILES string of the molecule is O=C(Cn1nnc2ccccc21)N=Nc1c(O)[nH]c2ccccc12. The number of H-pyrrole nitrogens is 1. The Morgan fingerprint density at radius 2 is 1.96 bits per heavy atom. The third-order valence-electron chi connectivity index (χ3n) is 3.63. The van der Waals surface area contributed by atoms with Crippen LogP contribution in [-0.2, 0) is 11.3 Å². The summed E-state index contributed by atoms with van der Waals surface area (Å²) in [5, 5.41) is 26.1. The Bertz CT molecular complexity index is 1080. The summed E-state index contributed by atoms with van der Waals surface area (Å²) in [7, 11) is 0.